The highest BCUT2D eigenvalue weighted by atomic mass is 35.5. The van der Waals surface area contributed by atoms with E-state index in [-0.39, 0.29) is 18.3 Å². The second-order valence-electron chi connectivity index (χ2n) is 3.82. The van der Waals surface area contributed by atoms with Crippen LogP contribution in [0.1, 0.15) is 5.56 Å². The fourth-order valence-electron chi connectivity index (χ4n) is 1.44. The van der Waals surface area contributed by atoms with Crippen molar-refractivity contribution in [1.82, 2.24) is 5.32 Å². The van der Waals surface area contributed by atoms with Crippen LogP contribution in [0, 0.1) is 6.92 Å². The van der Waals surface area contributed by atoms with Gasteiger partial charge in [-0.1, -0.05) is 29.5 Å². The van der Waals surface area contributed by atoms with Crippen LogP contribution in [0.15, 0.2) is 29.3 Å². The number of aryl methyl sites for hydroxylation is 1. The molecular weight excluding hydrogens is 270 g/mol. The standard InChI is InChI=1S/C12H15N3OS.ClH/c1-9-2-4-10(5-3-9)15-11(16)8-17-12-13-6-7-14-12;/h2-5H,6-8H2,1H3,(H,13,14)(H,15,16);1H/p-1. The number of hydrogen-bond acceptors (Lipinski definition) is 4. The molecule has 1 heterocycles. The summed E-state index contributed by atoms with van der Waals surface area (Å²) in [7, 11) is 0. The molecule has 2 rings (SSSR count). The Morgan fingerprint density at radius 2 is 2.17 bits per heavy atom. The molecule has 1 aliphatic heterocycles. The average molecular weight is 285 g/mol. The van der Waals surface area contributed by atoms with Gasteiger partial charge in [-0.3, -0.25) is 9.79 Å². The van der Waals surface area contributed by atoms with Gasteiger partial charge in [0, 0.05) is 12.2 Å². The van der Waals surface area contributed by atoms with Gasteiger partial charge in [-0.25, -0.2) is 0 Å². The Morgan fingerprint density at radius 3 is 2.78 bits per heavy atom. The van der Waals surface area contributed by atoms with E-state index in [2.05, 4.69) is 15.6 Å². The molecule has 0 unspecified atom stereocenters. The summed E-state index contributed by atoms with van der Waals surface area (Å²) in [4.78, 5) is 15.9. The van der Waals surface area contributed by atoms with Gasteiger partial charge < -0.3 is 23.0 Å². The lowest BCUT2D eigenvalue weighted by molar-refractivity contribution is -0.113. The van der Waals surface area contributed by atoms with Crippen LogP contribution in [0.5, 0.6) is 0 Å². The summed E-state index contributed by atoms with van der Waals surface area (Å²) in [5.74, 6) is 0.384. The zero-order valence-corrected chi connectivity index (χ0v) is 11.6. The molecule has 1 aromatic carbocycles. The molecule has 2 N–H and O–H groups in total. The van der Waals surface area contributed by atoms with Gasteiger partial charge in [0.25, 0.3) is 0 Å². The second kappa shape index (κ2) is 7.28. The van der Waals surface area contributed by atoms with Crippen molar-refractivity contribution in [2.45, 2.75) is 6.92 Å². The number of benzene rings is 1. The Hall–Kier alpha value is -1.20. The number of amides is 1. The number of carbonyl (C=O) groups is 1. The summed E-state index contributed by atoms with van der Waals surface area (Å²) in [6.45, 7) is 3.70. The number of rotatable bonds is 3. The Labute approximate surface area is 117 Å². The van der Waals surface area contributed by atoms with Gasteiger partial charge in [0.2, 0.25) is 5.91 Å². The zero-order valence-electron chi connectivity index (χ0n) is 10.1. The molecule has 0 fully saturated rings. The quantitative estimate of drug-likeness (QED) is 0.720. The molecule has 1 aliphatic rings. The van der Waals surface area contributed by atoms with E-state index in [1.54, 1.807) is 0 Å². The largest absolute Gasteiger partial charge is 1.00 e. The first kappa shape index (κ1) is 14.9. The summed E-state index contributed by atoms with van der Waals surface area (Å²) in [6, 6.07) is 7.77. The van der Waals surface area contributed by atoms with E-state index in [1.807, 2.05) is 31.2 Å². The second-order valence-corrected chi connectivity index (χ2v) is 4.78. The maximum absolute atomic E-state index is 11.6. The topological polar surface area (TPSA) is 53.5 Å². The number of aliphatic imine (C=N–C) groups is 1. The molecule has 18 heavy (non-hydrogen) atoms. The maximum atomic E-state index is 11.6. The van der Waals surface area contributed by atoms with Crippen LogP contribution in [0.25, 0.3) is 0 Å². The molecule has 4 nitrogen and oxygen atoms in total. The number of nitrogens with zero attached hydrogens (tertiary/aromatic N) is 1. The highest BCUT2D eigenvalue weighted by Gasteiger charge is 2.08. The predicted molar refractivity (Wildman–Crippen MR) is 72.6 cm³/mol. The van der Waals surface area contributed by atoms with Gasteiger partial charge in [-0.2, -0.15) is 0 Å². The summed E-state index contributed by atoms with van der Waals surface area (Å²) in [6.07, 6.45) is 0. The average Bonchev–Trinajstić information content (AvgIpc) is 2.83. The molecule has 0 spiro atoms. The van der Waals surface area contributed by atoms with Crippen molar-refractivity contribution in [3.63, 3.8) is 0 Å². The van der Waals surface area contributed by atoms with Crippen LogP contribution in [-0.4, -0.2) is 29.9 Å². The van der Waals surface area contributed by atoms with Crippen LogP contribution >= 0.6 is 11.8 Å². The van der Waals surface area contributed by atoms with Crippen LogP contribution in [0.4, 0.5) is 5.69 Å². The summed E-state index contributed by atoms with van der Waals surface area (Å²) in [5.41, 5.74) is 2.02. The van der Waals surface area contributed by atoms with Gasteiger partial charge in [0.15, 0.2) is 5.17 Å². The molecule has 1 amide bonds. The first-order valence-corrected chi connectivity index (χ1v) is 6.50. The third-order valence-electron chi connectivity index (χ3n) is 2.32. The van der Waals surface area contributed by atoms with Crippen LogP contribution in [0.2, 0.25) is 0 Å². The fourth-order valence-corrected chi connectivity index (χ4v) is 2.17. The van der Waals surface area contributed by atoms with Gasteiger partial charge >= 0.3 is 0 Å². The Balaban J connectivity index is 0.00000162. The van der Waals surface area contributed by atoms with E-state index in [4.69, 9.17) is 0 Å². The predicted octanol–water partition coefficient (Wildman–Crippen LogP) is -1.37. The van der Waals surface area contributed by atoms with E-state index in [9.17, 15) is 4.79 Å². The van der Waals surface area contributed by atoms with Crippen molar-refractivity contribution in [3.8, 4) is 0 Å². The normalized spacial score (nSPS) is 13.3. The lowest BCUT2D eigenvalue weighted by atomic mass is 10.2. The lowest BCUT2D eigenvalue weighted by Gasteiger charge is -2.05. The summed E-state index contributed by atoms with van der Waals surface area (Å²) in [5, 5.41) is 6.83. The van der Waals surface area contributed by atoms with Crippen molar-refractivity contribution < 1.29 is 17.2 Å². The number of nitrogens with one attached hydrogen (secondary N) is 2. The maximum Gasteiger partial charge on any atom is 0.234 e. The van der Waals surface area contributed by atoms with Crippen LogP contribution < -0.4 is 23.0 Å². The number of halogens is 1. The van der Waals surface area contributed by atoms with E-state index in [0.29, 0.717) is 5.75 Å². The Kier molecular flexibility index (Phi) is 6.01. The number of thioether (sulfide) groups is 1. The minimum Gasteiger partial charge on any atom is -1.00 e. The number of carbonyl (C=O) groups excluding carboxylic acids is 1. The number of anilines is 1. The molecule has 1 aromatic rings. The summed E-state index contributed by atoms with van der Waals surface area (Å²) < 4.78 is 0. The third kappa shape index (κ3) is 4.58. The van der Waals surface area contributed by atoms with Crippen molar-refractivity contribution in [2.24, 2.45) is 4.99 Å². The zero-order chi connectivity index (χ0) is 12.1. The lowest BCUT2D eigenvalue weighted by Crippen LogP contribution is -3.00. The first-order chi connectivity index (χ1) is 8.24. The molecule has 0 bridgehead atoms. The Morgan fingerprint density at radius 1 is 1.44 bits per heavy atom. The highest BCUT2D eigenvalue weighted by Crippen LogP contribution is 2.10. The molecular formula is C12H15ClN3OS-. The molecule has 0 atom stereocenters. The minimum absolute atomic E-state index is 0. The fraction of sp³-hybridized carbons (Fsp3) is 0.333. The van der Waals surface area contributed by atoms with E-state index in [0.717, 1.165) is 23.9 Å². The monoisotopic (exact) mass is 284 g/mol. The van der Waals surface area contributed by atoms with E-state index in [1.165, 1.54) is 17.3 Å². The number of hydrogen-bond donors (Lipinski definition) is 2. The van der Waals surface area contributed by atoms with Gasteiger partial charge in [0.1, 0.15) is 0 Å². The first-order valence-electron chi connectivity index (χ1n) is 5.52. The molecule has 0 saturated carbocycles. The van der Waals surface area contributed by atoms with Gasteiger partial charge in [0.05, 0.1) is 12.3 Å². The smallest absolute Gasteiger partial charge is 0.234 e. The van der Waals surface area contributed by atoms with Crippen molar-refractivity contribution in [3.05, 3.63) is 29.8 Å². The van der Waals surface area contributed by atoms with Crippen molar-refractivity contribution in [1.29, 1.82) is 0 Å². The van der Waals surface area contributed by atoms with E-state index >= 15 is 0 Å². The molecule has 0 saturated heterocycles. The Bertz CT molecular complexity index is 433. The third-order valence-corrected chi connectivity index (χ3v) is 3.27. The van der Waals surface area contributed by atoms with E-state index < -0.39 is 0 Å². The molecule has 0 radical (unpaired) electrons. The van der Waals surface area contributed by atoms with Crippen LogP contribution in [-0.2, 0) is 4.79 Å². The number of amidine groups is 1. The molecule has 0 aromatic heterocycles. The summed E-state index contributed by atoms with van der Waals surface area (Å²) >= 11 is 1.44. The van der Waals surface area contributed by atoms with Gasteiger partial charge in [-0.05, 0) is 19.1 Å². The van der Waals surface area contributed by atoms with Crippen molar-refractivity contribution >= 4 is 28.5 Å². The van der Waals surface area contributed by atoms with Gasteiger partial charge in [-0.15, -0.1) is 0 Å². The SMILES string of the molecule is Cc1ccc(NC(=O)CSC2=NCCN2)cc1.[Cl-]. The molecule has 0 aliphatic carbocycles. The molecule has 98 valence electrons. The highest BCUT2D eigenvalue weighted by molar-refractivity contribution is 8.14. The minimum atomic E-state index is -0.00440. The molecule has 6 heteroatoms. The van der Waals surface area contributed by atoms with Crippen LogP contribution in [0.3, 0.4) is 0 Å². The van der Waals surface area contributed by atoms with Crippen molar-refractivity contribution in [2.75, 3.05) is 24.2 Å².